The Bertz CT molecular complexity index is 676. The molecule has 2 saturated heterocycles. The van der Waals surface area contributed by atoms with Gasteiger partial charge in [0, 0.05) is 25.4 Å². The average Bonchev–Trinajstić information content (AvgIpc) is 2.81. The van der Waals surface area contributed by atoms with E-state index in [1.54, 1.807) is 0 Å². The Balaban J connectivity index is 1.96. The van der Waals surface area contributed by atoms with Gasteiger partial charge >= 0.3 is 0 Å². The first-order valence-corrected chi connectivity index (χ1v) is 7.92. The predicted octanol–water partition coefficient (Wildman–Crippen LogP) is -0.726. The Morgan fingerprint density at radius 2 is 2.05 bits per heavy atom. The van der Waals surface area contributed by atoms with Crippen molar-refractivity contribution in [2.24, 2.45) is 5.92 Å². The number of sulfonamides is 1. The van der Waals surface area contributed by atoms with Crippen LogP contribution in [0.2, 0.25) is 0 Å². The Labute approximate surface area is 116 Å². The van der Waals surface area contributed by atoms with Crippen molar-refractivity contribution >= 4 is 15.9 Å². The fourth-order valence-electron chi connectivity index (χ4n) is 2.90. The van der Waals surface area contributed by atoms with Crippen LogP contribution in [0.15, 0.2) is 28.0 Å². The minimum atomic E-state index is -3.69. The highest BCUT2D eigenvalue weighted by Gasteiger charge is 2.45. The van der Waals surface area contributed by atoms with Crippen molar-refractivity contribution in [3.8, 4) is 0 Å². The largest absolute Gasteiger partial charge is 0.354 e. The van der Waals surface area contributed by atoms with Crippen molar-refractivity contribution in [3.05, 3.63) is 28.7 Å². The molecule has 20 heavy (non-hydrogen) atoms. The fourth-order valence-corrected chi connectivity index (χ4v) is 4.57. The van der Waals surface area contributed by atoms with Gasteiger partial charge in [-0.1, -0.05) is 0 Å². The molecule has 1 aromatic heterocycles. The van der Waals surface area contributed by atoms with Crippen LogP contribution in [0.25, 0.3) is 0 Å². The number of H-pyrrole nitrogens is 1. The number of carbonyl (C=O) groups excluding carboxylic acids is 1. The van der Waals surface area contributed by atoms with Crippen LogP contribution in [-0.2, 0) is 14.8 Å². The van der Waals surface area contributed by atoms with Crippen molar-refractivity contribution in [2.45, 2.75) is 23.8 Å². The van der Waals surface area contributed by atoms with Gasteiger partial charge in [-0.3, -0.25) is 9.59 Å². The summed E-state index contributed by atoms with van der Waals surface area (Å²) in [6, 6.07) is 2.15. The van der Waals surface area contributed by atoms with E-state index in [9.17, 15) is 18.0 Å². The van der Waals surface area contributed by atoms with E-state index in [4.69, 9.17) is 0 Å². The molecule has 3 heterocycles. The van der Waals surface area contributed by atoms with Gasteiger partial charge in [0.05, 0.1) is 16.9 Å². The van der Waals surface area contributed by atoms with E-state index in [0.717, 1.165) is 0 Å². The molecule has 108 valence electrons. The molecule has 2 atom stereocenters. The van der Waals surface area contributed by atoms with Gasteiger partial charge in [-0.2, -0.15) is 4.31 Å². The monoisotopic (exact) mass is 297 g/mol. The molecule has 2 aliphatic heterocycles. The lowest BCUT2D eigenvalue weighted by Gasteiger charge is -2.34. The van der Waals surface area contributed by atoms with E-state index in [2.05, 4.69) is 10.3 Å². The number of nitrogens with one attached hydrogen (secondary N) is 2. The minimum absolute atomic E-state index is 0.0529. The molecule has 8 heteroatoms. The van der Waals surface area contributed by atoms with Gasteiger partial charge in [-0.25, -0.2) is 8.42 Å². The summed E-state index contributed by atoms with van der Waals surface area (Å²) in [4.78, 5) is 25.1. The summed E-state index contributed by atoms with van der Waals surface area (Å²) < 4.78 is 26.6. The molecule has 2 aliphatic rings. The molecule has 1 amide bonds. The Morgan fingerprint density at radius 1 is 1.25 bits per heavy atom. The van der Waals surface area contributed by atoms with Crippen molar-refractivity contribution in [2.75, 3.05) is 13.1 Å². The van der Waals surface area contributed by atoms with Crippen LogP contribution in [-0.4, -0.2) is 42.7 Å². The highest BCUT2D eigenvalue weighted by atomic mass is 32.2. The molecule has 3 rings (SSSR count). The summed E-state index contributed by atoms with van der Waals surface area (Å²) >= 11 is 0. The van der Waals surface area contributed by atoms with Gasteiger partial charge in [0.2, 0.25) is 21.5 Å². The number of hydrogen-bond acceptors (Lipinski definition) is 4. The molecule has 0 aliphatic carbocycles. The highest BCUT2D eigenvalue weighted by molar-refractivity contribution is 7.89. The molecule has 7 nitrogen and oxygen atoms in total. The number of hydrogen-bond donors (Lipinski definition) is 2. The third-order valence-electron chi connectivity index (χ3n) is 3.91. The molecule has 2 N–H and O–H groups in total. The number of nitrogens with zero attached hydrogens (tertiary/aromatic N) is 1. The van der Waals surface area contributed by atoms with E-state index in [-0.39, 0.29) is 28.3 Å². The first-order chi connectivity index (χ1) is 9.50. The van der Waals surface area contributed by atoms with E-state index in [1.807, 2.05) is 0 Å². The number of aromatic amines is 1. The Kier molecular flexibility index (Phi) is 3.14. The van der Waals surface area contributed by atoms with Crippen molar-refractivity contribution in [3.63, 3.8) is 0 Å². The third-order valence-corrected chi connectivity index (χ3v) is 5.83. The van der Waals surface area contributed by atoms with Gasteiger partial charge < -0.3 is 10.3 Å². The topological polar surface area (TPSA) is 99.3 Å². The van der Waals surface area contributed by atoms with Gasteiger partial charge in [0.15, 0.2) is 0 Å². The van der Waals surface area contributed by atoms with E-state index in [1.165, 1.54) is 22.6 Å². The fraction of sp³-hybridized carbons (Fsp3) is 0.500. The van der Waals surface area contributed by atoms with Gasteiger partial charge in [-0.15, -0.1) is 0 Å². The molecule has 1 aromatic rings. The van der Waals surface area contributed by atoms with Crippen molar-refractivity contribution in [1.29, 1.82) is 0 Å². The summed E-state index contributed by atoms with van der Waals surface area (Å²) in [5, 5.41) is 2.72. The zero-order valence-corrected chi connectivity index (χ0v) is 11.5. The molecule has 0 saturated carbocycles. The molecule has 2 unspecified atom stereocenters. The summed E-state index contributed by atoms with van der Waals surface area (Å²) in [6.45, 7) is 0.754. The van der Waals surface area contributed by atoms with Crippen LogP contribution in [0, 0.1) is 5.92 Å². The maximum absolute atomic E-state index is 12.6. The first-order valence-electron chi connectivity index (χ1n) is 6.48. The lowest BCUT2D eigenvalue weighted by molar-refractivity contribution is -0.123. The zero-order valence-electron chi connectivity index (χ0n) is 10.7. The van der Waals surface area contributed by atoms with Gasteiger partial charge in [-0.05, 0) is 18.9 Å². The van der Waals surface area contributed by atoms with Crippen molar-refractivity contribution in [1.82, 2.24) is 14.6 Å². The van der Waals surface area contributed by atoms with Gasteiger partial charge in [0.1, 0.15) is 0 Å². The maximum Gasteiger partial charge on any atom is 0.247 e. The van der Waals surface area contributed by atoms with E-state index in [0.29, 0.717) is 25.9 Å². The number of fused-ring (bicyclic) bond motifs is 1. The second-order valence-corrected chi connectivity index (χ2v) is 6.96. The molecule has 0 bridgehead atoms. The normalized spacial score (nSPS) is 27.1. The maximum atomic E-state index is 12.6. The SMILES string of the molecule is O=C1NCC2C1CCCN2S(=O)(=O)c1ccc(=O)[nH]c1. The molecular formula is C12H15N3O4S. The molecule has 0 spiro atoms. The number of pyridine rings is 1. The average molecular weight is 297 g/mol. The Morgan fingerprint density at radius 3 is 2.75 bits per heavy atom. The number of piperidine rings is 1. The van der Waals surface area contributed by atoms with Gasteiger partial charge in [0.25, 0.3) is 0 Å². The standard InChI is InChI=1S/C12H15N3O4S/c16-11-4-3-8(6-13-11)20(18,19)15-5-1-2-9-10(15)7-14-12(9)17/h3-4,6,9-10H,1-2,5,7H2,(H,13,16)(H,14,17). The van der Waals surface area contributed by atoms with E-state index >= 15 is 0 Å². The lowest BCUT2D eigenvalue weighted by atomic mass is 9.93. The second kappa shape index (κ2) is 4.71. The molecule has 2 fully saturated rings. The van der Waals surface area contributed by atoms with Crippen LogP contribution in [0.3, 0.4) is 0 Å². The summed E-state index contributed by atoms with van der Waals surface area (Å²) in [7, 11) is -3.69. The lowest BCUT2D eigenvalue weighted by Crippen LogP contribution is -2.48. The minimum Gasteiger partial charge on any atom is -0.354 e. The Hall–Kier alpha value is -1.67. The number of amides is 1. The summed E-state index contributed by atoms with van der Waals surface area (Å²) in [5.74, 6) is -0.336. The third kappa shape index (κ3) is 2.04. The zero-order chi connectivity index (χ0) is 14.3. The molecule has 0 aromatic carbocycles. The van der Waals surface area contributed by atoms with Crippen LogP contribution >= 0.6 is 0 Å². The van der Waals surface area contributed by atoms with Crippen LogP contribution in [0.5, 0.6) is 0 Å². The first kappa shape index (κ1) is 13.3. The predicted molar refractivity (Wildman–Crippen MR) is 70.5 cm³/mol. The quantitative estimate of drug-likeness (QED) is 0.752. The van der Waals surface area contributed by atoms with Crippen molar-refractivity contribution < 1.29 is 13.2 Å². The second-order valence-electron chi connectivity index (χ2n) is 5.07. The van der Waals surface area contributed by atoms with Crippen LogP contribution in [0.1, 0.15) is 12.8 Å². The number of aromatic nitrogens is 1. The number of carbonyl (C=O) groups is 1. The summed E-state index contributed by atoms with van der Waals surface area (Å²) in [6.07, 6.45) is 2.58. The van der Waals surface area contributed by atoms with E-state index < -0.39 is 10.0 Å². The molecule has 0 radical (unpaired) electrons. The smallest absolute Gasteiger partial charge is 0.247 e. The van der Waals surface area contributed by atoms with Crippen LogP contribution < -0.4 is 10.9 Å². The highest BCUT2D eigenvalue weighted by Crippen LogP contribution is 2.31. The number of rotatable bonds is 2. The molecular weight excluding hydrogens is 282 g/mol. The summed E-state index contributed by atoms with van der Waals surface area (Å²) in [5.41, 5.74) is -0.349. The van der Waals surface area contributed by atoms with Crippen LogP contribution in [0.4, 0.5) is 0 Å².